The molecule has 0 aliphatic heterocycles. The Morgan fingerprint density at radius 3 is 2.41 bits per heavy atom. The third kappa shape index (κ3) is 4.73. The van der Waals surface area contributed by atoms with Gasteiger partial charge in [-0.05, 0) is 85.7 Å². The van der Waals surface area contributed by atoms with Crippen LogP contribution in [0.3, 0.4) is 0 Å². The summed E-state index contributed by atoms with van der Waals surface area (Å²) in [7, 11) is -3.79. The number of sulfonamides is 1. The van der Waals surface area contributed by atoms with Gasteiger partial charge < -0.3 is 9.73 Å². The first kappa shape index (κ1) is 22.5. The zero-order valence-electron chi connectivity index (χ0n) is 17.6. The number of furan rings is 1. The lowest BCUT2D eigenvalue weighted by Crippen LogP contribution is -2.22. The maximum atomic E-state index is 12.8. The Morgan fingerprint density at radius 2 is 1.72 bits per heavy atom. The van der Waals surface area contributed by atoms with Crippen molar-refractivity contribution in [2.75, 3.05) is 5.32 Å². The maximum absolute atomic E-state index is 12.8. The molecule has 2 N–H and O–H groups in total. The highest BCUT2D eigenvalue weighted by molar-refractivity contribution is 14.1. The van der Waals surface area contributed by atoms with Crippen molar-refractivity contribution in [1.82, 2.24) is 4.83 Å². The number of hydrogen-bond acceptors (Lipinski definition) is 5. The molecule has 0 atom stereocenters. The predicted octanol–water partition coefficient (Wildman–Crippen LogP) is 4.77. The van der Waals surface area contributed by atoms with Gasteiger partial charge in [-0.1, -0.05) is 17.7 Å². The predicted molar refractivity (Wildman–Crippen MR) is 132 cm³/mol. The van der Waals surface area contributed by atoms with Crippen LogP contribution in [-0.2, 0) is 16.4 Å². The SMILES string of the molecule is Cc1ccc(S(=O)(=O)N/N=C2\CCCc3oc(C(=O)Nc4ccc(I)cc4)c(C)c32)cc1. The quantitative estimate of drug-likeness (QED) is 0.345. The number of aryl methyl sites for hydroxylation is 2. The van der Waals surface area contributed by atoms with E-state index in [4.69, 9.17) is 4.42 Å². The van der Waals surface area contributed by atoms with E-state index in [1.165, 1.54) is 0 Å². The fourth-order valence-electron chi connectivity index (χ4n) is 3.60. The van der Waals surface area contributed by atoms with Crippen LogP contribution in [0.5, 0.6) is 0 Å². The molecular formula is C23H22IN3O4S. The van der Waals surface area contributed by atoms with E-state index in [0.29, 0.717) is 41.1 Å². The van der Waals surface area contributed by atoms with E-state index in [1.54, 1.807) is 31.2 Å². The summed E-state index contributed by atoms with van der Waals surface area (Å²) in [6.07, 6.45) is 2.00. The number of carbonyl (C=O) groups is 1. The van der Waals surface area contributed by atoms with E-state index < -0.39 is 10.0 Å². The average Bonchev–Trinajstić information content (AvgIpc) is 3.11. The molecule has 166 valence electrons. The van der Waals surface area contributed by atoms with Gasteiger partial charge in [-0.25, -0.2) is 0 Å². The van der Waals surface area contributed by atoms with Gasteiger partial charge in [-0.15, -0.1) is 0 Å². The minimum Gasteiger partial charge on any atom is -0.455 e. The normalized spacial score (nSPS) is 14.8. The van der Waals surface area contributed by atoms with Crippen LogP contribution in [0.2, 0.25) is 0 Å². The molecule has 0 fully saturated rings. The first-order valence-electron chi connectivity index (χ1n) is 10.1. The summed E-state index contributed by atoms with van der Waals surface area (Å²) in [6.45, 7) is 3.68. The van der Waals surface area contributed by atoms with Crippen LogP contribution in [-0.4, -0.2) is 20.0 Å². The third-order valence-electron chi connectivity index (χ3n) is 5.27. The van der Waals surface area contributed by atoms with Gasteiger partial charge in [-0.2, -0.15) is 18.4 Å². The Labute approximate surface area is 200 Å². The molecule has 0 radical (unpaired) electrons. The number of amides is 1. The molecule has 1 amide bonds. The summed E-state index contributed by atoms with van der Waals surface area (Å²) in [4.78, 5) is 15.3. The minimum atomic E-state index is -3.79. The van der Waals surface area contributed by atoms with Gasteiger partial charge in [-0.3, -0.25) is 4.79 Å². The van der Waals surface area contributed by atoms with E-state index in [9.17, 15) is 13.2 Å². The van der Waals surface area contributed by atoms with E-state index in [-0.39, 0.29) is 16.6 Å². The van der Waals surface area contributed by atoms with Crippen molar-refractivity contribution in [3.63, 3.8) is 0 Å². The molecule has 2 aromatic carbocycles. The summed E-state index contributed by atoms with van der Waals surface area (Å²) in [5, 5.41) is 7.05. The van der Waals surface area contributed by atoms with E-state index in [2.05, 4.69) is 37.8 Å². The van der Waals surface area contributed by atoms with Crippen LogP contribution >= 0.6 is 22.6 Å². The molecule has 1 aromatic heterocycles. The first-order chi connectivity index (χ1) is 15.2. The van der Waals surface area contributed by atoms with Crippen LogP contribution in [0.4, 0.5) is 5.69 Å². The van der Waals surface area contributed by atoms with Gasteiger partial charge in [0.05, 0.1) is 10.6 Å². The molecule has 0 bridgehead atoms. The topological polar surface area (TPSA) is 101 Å². The highest BCUT2D eigenvalue weighted by Gasteiger charge is 2.28. The smallest absolute Gasteiger partial charge is 0.291 e. The molecule has 1 aliphatic carbocycles. The molecule has 3 aromatic rings. The monoisotopic (exact) mass is 563 g/mol. The number of anilines is 1. The number of carbonyl (C=O) groups excluding carboxylic acids is 1. The summed E-state index contributed by atoms with van der Waals surface area (Å²) in [6, 6.07) is 14.0. The standard InChI is InChI=1S/C23H22IN3O4S/c1-14-6-12-18(13-7-14)32(29,30)27-26-19-4-3-5-20-21(19)15(2)22(31-20)23(28)25-17-10-8-16(24)9-11-17/h6-13,27H,3-5H2,1-2H3,(H,25,28)/b26-19+. The number of rotatable bonds is 5. The molecule has 4 rings (SSSR count). The van der Waals surface area contributed by atoms with Gasteiger partial charge in [0.15, 0.2) is 5.76 Å². The van der Waals surface area contributed by atoms with Crippen LogP contribution in [0.1, 0.15) is 45.8 Å². The van der Waals surface area contributed by atoms with Gasteiger partial charge in [0, 0.05) is 26.8 Å². The molecule has 9 heteroatoms. The van der Waals surface area contributed by atoms with Crippen LogP contribution in [0, 0.1) is 17.4 Å². The van der Waals surface area contributed by atoms with Gasteiger partial charge in [0.2, 0.25) is 0 Å². The summed E-state index contributed by atoms with van der Waals surface area (Å²) < 4.78 is 32.2. The van der Waals surface area contributed by atoms with Crippen molar-refractivity contribution in [3.05, 3.63) is 80.3 Å². The second-order valence-corrected chi connectivity index (χ2v) is 10.5. The van der Waals surface area contributed by atoms with E-state index >= 15 is 0 Å². The third-order valence-corrected chi connectivity index (χ3v) is 7.21. The van der Waals surface area contributed by atoms with E-state index in [1.807, 2.05) is 31.2 Å². The molecule has 1 heterocycles. The van der Waals surface area contributed by atoms with Crippen molar-refractivity contribution < 1.29 is 17.6 Å². The Hall–Kier alpha value is -2.66. The second kappa shape index (κ2) is 9.07. The Balaban J connectivity index is 1.59. The first-order valence-corrected chi connectivity index (χ1v) is 12.7. The number of hydrogen-bond donors (Lipinski definition) is 2. The van der Waals surface area contributed by atoms with Crippen molar-refractivity contribution in [3.8, 4) is 0 Å². The zero-order valence-corrected chi connectivity index (χ0v) is 20.6. The minimum absolute atomic E-state index is 0.144. The largest absolute Gasteiger partial charge is 0.455 e. The molecule has 32 heavy (non-hydrogen) atoms. The summed E-state index contributed by atoms with van der Waals surface area (Å²) >= 11 is 2.20. The molecule has 7 nitrogen and oxygen atoms in total. The molecular weight excluding hydrogens is 541 g/mol. The van der Waals surface area contributed by atoms with Gasteiger partial charge >= 0.3 is 0 Å². The lowest BCUT2D eigenvalue weighted by atomic mass is 9.93. The fourth-order valence-corrected chi connectivity index (χ4v) is 4.79. The lowest BCUT2D eigenvalue weighted by Gasteiger charge is -2.14. The van der Waals surface area contributed by atoms with Crippen LogP contribution < -0.4 is 10.1 Å². The van der Waals surface area contributed by atoms with Crippen molar-refractivity contribution >= 4 is 49.9 Å². The molecule has 0 spiro atoms. The Kier molecular flexibility index (Phi) is 6.38. The number of nitrogens with one attached hydrogen (secondary N) is 2. The van der Waals surface area contributed by atoms with Crippen molar-refractivity contribution in [1.29, 1.82) is 0 Å². The fraction of sp³-hybridized carbons (Fsp3) is 0.217. The maximum Gasteiger partial charge on any atom is 0.291 e. The molecule has 0 saturated carbocycles. The average molecular weight is 563 g/mol. The number of halogens is 1. The van der Waals surface area contributed by atoms with Crippen LogP contribution in [0.25, 0.3) is 0 Å². The summed E-state index contributed by atoms with van der Waals surface area (Å²) in [5.41, 5.74) is 3.56. The number of benzene rings is 2. The number of hydrazone groups is 1. The van der Waals surface area contributed by atoms with Gasteiger partial charge in [0.1, 0.15) is 5.76 Å². The number of fused-ring (bicyclic) bond motifs is 1. The number of nitrogens with zero attached hydrogens (tertiary/aromatic N) is 1. The Bertz CT molecular complexity index is 1290. The molecule has 1 aliphatic rings. The van der Waals surface area contributed by atoms with Gasteiger partial charge in [0.25, 0.3) is 15.9 Å². The zero-order chi connectivity index (χ0) is 22.9. The Morgan fingerprint density at radius 1 is 1.03 bits per heavy atom. The van der Waals surface area contributed by atoms with Crippen molar-refractivity contribution in [2.45, 2.75) is 38.0 Å². The summed E-state index contributed by atoms with van der Waals surface area (Å²) in [5.74, 6) is 0.511. The highest BCUT2D eigenvalue weighted by Crippen LogP contribution is 2.30. The molecule has 0 unspecified atom stereocenters. The van der Waals surface area contributed by atoms with E-state index in [0.717, 1.165) is 15.6 Å². The van der Waals surface area contributed by atoms with Crippen LogP contribution in [0.15, 0.2) is 62.9 Å². The lowest BCUT2D eigenvalue weighted by molar-refractivity contribution is 0.0994. The molecule has 0 saturated heterocycles. The highest BCUT2D eigenvalue weighted by atomic mass is 127. The van der Waals surface area contributed by atoms with Crippen molar-refractivity contribution in [2.24, 2.45) is 5.10 Å². The second-order valence-electron chi connectivity index (χ2n) is 7.64.